The second-order valence-electron chi connectivity index (χ2n) is 6.69. The molecule has 122 valence electrons. The standard InChI is InChI=1S/C21H23ClSi2/c1-23(18-22,19-12-6-3-7-13-19)24(2,20-14-8-4-9-15-20)21-16-10-5-11-17-21/h3-17H,18H2,1-2H3. The fourth-order valence-corrected chi connectivity index (χ4v) is 19.6. The summed E-state index contributed by atoms with van der Waals surface area (Å²) in [5.74, 6) is 0. The van der Waals surface area contributed by atoms with Gasteiger partial charge >= 0.3 is 0 Å². The van der Waals surface area contributed by atoms with E-state index in [1.807, 2.05) is 0 Å². The Morgan fingerprint density at radius 1 is 0.583 bits per heavy atom. The van der Waals surface area contributed by atoms with Gasteiger partial charge in [0.05, 0.1) is 0 Å². The van der Waals surface area contributed by atoms with E-state index in [0.29, 0.717) is 0 Å². The third-order valence-electron chi connectivity index (χ3n) is 5.48. The van der Waals surface area contributed by atoms with E-state index in [-0.39, 0.29) is 0 Å². The van der Waals surface area contributed by atoms with Crippen LogP contribution >= 0.6 is 11.6 Å². The van der Waals surface area contributed by atoms with Crippen LogP contribution in [0.3, 0.4) is 0 Å². The summed E-state index contributed by atoms with van der Waals surface area (Å²) in [6.45, 7) is 4.99. The first kappa shape index (κ1) is 17.2. The number of rotatable bonds is 5. The normalized spacial score (nSPS) is 14.1. The first-order valence-corrected chi connectivity index (χ1v) is 15.1. The minimum Gasteiger partial charge on any atom is -0.130 e. The van der Waals surface area contributed by atoms with Crippen LogP contribution in [0.1, 0.15) is 0 Å². The zero-order chi connectivity index (χ0) is 17.0. The van der Waals surface area contributed by atoms with Crippen molar-refractivity contribution in [3.8, 4) is 0 Å². The molecule has 0 amide bonds. The van der Waals surface area contributed by atoms with Crippen molar-refractivity contribution in [2.45, 2.75) is 13.1 Å². The molecule has 0 saturated carbocycles. The van der Waals surface area contributed by atoms with Crippen molar-refractivity contribution < 1.29 is 0 Å². The van der Waals surface area contributed by atoms with Crippen molar-refractivity contribution in [3.63, 3.8) is 0 Å². The molecule has 0 spiro atoms. The largest absolute Gasteiger partial charge is 0.130 e. The average molecular weight is 367 g/mol. The highest BCUT2D eigenvalue weighted by molar-refractivity contribution is 7.56. The van der Waals surface area contributed by atoms with E-state index in [1.54, 1.807) is 0 Å². The molecule has 3 heteroatoms. The van der Waals surface area contributed by atoms with Crippen LogP contribution in [0.5, 0.6) is 0 Å². The lowest BCUT2D eigenvalue weighted by Gasteiger charge is -2.43. The quantitative estimate of drug-likeness (QED) is 0.477. The highest BCUT2D eigenvalue weighted by atomic mass is 35.5. The molecule has 3 aromatic rings. The molecule has 1 unspecified atom stereocenters. The van der Waals surface area contributed by atoms with Gasteiger partial charge in [0.1, 0.15) is 15.2 Å². The van der Waals surface area contributed by atoms with E-state index in [4.69, 9.17) is 11.6 Å². The topological polar surface area (TPSA) is 0 Å². The van der Waals surface area contributed by atoms with Gasteiger partial charge in [0.2, 0.25) is 0 Å². The van der Waals surface area contributed by atoms with E-state index < -0.39 is 15.2 Å². The van der Waals surface area contributed by atoms with Crippen molar-refractivity contribution in [1.82, 2.24) is 0 Å². The summed E-state index contributed by atoms with van der Waals surface area (Å²) in [4.78, 5) is 0. The van der Waals surface area contributed by atoms with Crippen molar-refractivity contribution in [2.24, 2.45) is 0 Å². The molecule has 3 aromatic carbocycles. The summed E-state index contributed by atoms with van der Waals surface area (Å²) in [6.07, 6.45) is 0. The summed E-state index contributed by atoms with van der Waals surface area (Å²) in [5.41, 5.74) is 0.740. The molecular formula is C21H23ClSi2. The molecule has 0 aliphatic rings. The van der Waals surface area contributed by atoms with Gasteiger partial charge in [0, 0.05) is 5.50 Å². The van der Waals surface area contributed by atoms with Crippen LogP contribution in [-0.4, -0.2) is 20.7 Å². The Kier molecular flexibility index (Phi) is 5.09. The number of benzene rings is 3. The van der Waals surface area contributed by atoms with Crippen molar-refractivity contribution in [3.05, 3.63) is 91.0 Å². The first-order chi connectivity index (χ1) is 11.6. The fourth-order valence-electron chi connectivity index (χ4n) is 3.65. The zero-order valence-corrected chi connectivity index (χ0v) is 17.0. The summed E-state index contributed by atoms with van der Waals surface area (Å²) < 4.78 is 0. The van der Waals surface area contributed by atoms with Gasteiger partial charge in [-0.05, 0) is 0 Å². The monoisotopic (exact) mass is 366 g/mol. The molecular weight excluding hydrogens is 344 g/mol. The van der Waals surface area contributed by atoms with Crippen LogP contribution in [0.15, 0.2) is 91.0 Å². The molecule has 0 N–H and O–H groups in total. The van der Waals surface area contributed by atoms with Gasteiger partial charge in [-0.2, -0.15) is 0 Å². The number of hydrogen-bond donors (Lipinski definition) is 0. The Morgan fingerprint density at radius 2 is 0.917 bits per heavy atom. The fraction of sp³-hybridized carbons (Fsp3) is 0.143. The van der Waals surface area contributed by atoms with Crippen molar-refractivity contribution >= 4 is 42.3 Å². The maximum atomic E-state index is 6.72. The van der Waals surface area contributed by atoms with Gasteiger partial charge in [0.15, 0.2) is 0 Å². The molecule has 0 heterocycles. The summed E-state index contributed by atoms with van der Waals surface area (Å²) >= 11 is 6.72. The van der Waals surface area contributed by atoms with Crippen LogP contribution in [-0.2, 0) is 0 Å². The van der Waals surface area contributed by atoms with Crippen LogP contribution in [0.25, 0.3) is 0 Å². The Hall–Kier alpha value is -1.62. The molecule has 1 atom stereocenters. The maximum Gasteiger partial charge on any atom is 0.114 e. The predicted octanol–water partition coefficient (Wildman–Crippen LogP) is 3.72. The molecule has 0 aliphatic carbocycles. The Labute approximate surface area is 151 Å². The van der Waals surface area contributed by atoms with Crippen molar-refractivity contribution in [2.75, 3.05) is 5.50 Å². The maximum absolute atomic E-state index is 6.72. The second kappa shape index (κ2) is 7.10. The molecule has 24 heavy (non-hydrogen) atoms. The lowest BCUT2D eigenvalue weighted by atomic mass is 10.4. The molecule has 0 saturated heterocycles. The van der Waals surface area contributed by atoms with Gasteiger partial charge < -0.3 is 0 Å². The molecule has 3 rings (SSSR count). The molecule has 0 aromatic heterocycles. The van der Waals surface area contributed by atoms with E-state index in [2.05, 4.69) is 104 Å². The highest BCUT2D eigenvalue weighted by Gasteiger charge is 2.51. The van der Waals surface area contributed by atoms with E-state index in [9.17, 15) is 0 Å². The average Bonchev–Trinajstić information content (AvgIpc) is 2.68. The minimum absolute atomic E-state index is 0.740. The Morgan fingerprint density at radius 3 is 1.25 bits per heavy atom. The van der Waals surface area contributed by atoms with Gasteiger partial charge in [-0.25, -0.2) is 0 Å². The molecule has 0 radical (unpaired) electrons. The van der Waals surface area contributed by atoms with Crippen LogP contribution in [0.4, 0.5) is 0 Å². The van der Waals surface area contributed by atoms with Crippen molar-refractivity contribution in [1.29, 1.82) is 0 Å². The smallest absolute Gasteiger partial charge is 0.114 e. The summed E-state index contributed by atoms with van der Waals surface area (Å²) in [7, 11) is -3.92. The van der Waals surface area contributed by atoms with E-state index in [1.165, 1.54) is 15.6 Å². The third-order valence-corrected chi connectivity index (χ3v) is 24.8. The predicted molar refractivity (Wildman–Crippen MR) is 112 cm³/mol. The van der Waals surface area contributed by atoms with Gasteiger partial charge in [0.25, 0.3) is 0 Å². The van der Waals surface area contributed by atoms with E-state index in [0.717, 1.165) is 5.50 Å². The SMILES string of the molecule is C[Si](CCl)(c1ccccc1)[Si](C)(c1ccccc1)c1ccccc1. The Bertz CT molecular complexity index is 735. The van der Waals surface area contributed by atoms with E-state index >= 15 is 0 Å². The molecule has 0 nitrogen and oxygen atoms in total. The number of hydrogen-bond acceptors (Lipinski definition) is 0. The van der Waals surface area contributed by atoms with Crippen LogP contribution < -0.4 is 15.6 Å². The zero-order valence-electron chi connectivity index (χ0n) is 14.2. The first-order valence-electron chi connectivity index (χ1n) is 8.35. The van der Waals surface area contributed by atoms with Gasteiger partial charge in [-0.1, -0.05) is 120 Å². The second-order valence-corrected chi connectivity index (χ2v) is 20.7. The molecule has 0 aliphatic heterocycles. The molecule has 0 bridgehead atoms. The molecule has 0 fully saturated rings. The summed E-state index contributed by atoms with van der Waals surface area (Å²) in [5, 5.41) is 4.42. The highest BCUT2D eigenvalue weighted by Crippen LogP contribution is 2.21. The van der Waals surface area contributed by atoms with Gasteiger partial charge in [-0.15, -0.1) is 11.6 Å². The lowest BCUT2D eigenvalue weighted by molar-refractivity contribution is 1.66. The minimum atomic E-state index is -1.99. The van der Waals surface area contributed by atoms with Crippen LogP contribution in [0, 0.1) is 0 Å². The third kappa shape index (κ3) is 2.79. The summed E-state index contributed by atoms with van der Waals surface area (Å²) in [6, 6.07) is 33.0. The lowest BCUT2D eigenvalue weighted by Crippen LogP contribution is -2.79. The van der Waals surface area contributed by atoms with Gasteiger partial charge in [-0.3, -0.25) is 0 Å². The Balaban J connectivity index is 2.29. The number of halogens is 1. The number of alkyl halides is 1. The van der Waals surface area contributed by atoms with Crippen LogP contribution in [0.2, 0.25) is 13.1 Å².